The van der Waals surface area contributed by atoms with E-state index in [0.29, 0.717) is 36.3 Å². The molecule has 4 rings (SSSR count). The van der Waals surface area contributed by atoms with Crippen LogP contribution in [0.3, 0.4) is 0 Å². The summed E-state index contributed by atoms with van der Waals surface area (Å²) in [4.78, 5) is 28.4. The highest BCUT2D eigenvalue weighted by Crippen LogP contribution is 2.40. The number of aliphatic hydroxyl groups excluding tert-OH is 1. The third-order valence-corrected chi connectivity index (χ3v) is 8.12. The Labute approximate surface area is 230 Å². The molecule has 0 radical (unpaired) electrons. The first kappa shape index (κ1) is 28.6. The Bertz CT molecular complexity index is 1210. The van der Waals surface area contributed by atoms with Gasteiger partial charge in [-0.3, -0.25) is 19.9 Å². The minimum Gasteiger partial charge on any atom is -0.485 e. The molecule has 2 aromatic carbocycles. The van der Waals surface area contributed by atoms with E-state index < -0.39 is 29.3 Å². The molecular weight excluding hydrogens is 496 g/mol. The number of carbonyl (C=O) groups is 2. The molecule has 2 heterocycles. The van der Waals surface area contributed by atoms with Crippen LogP contribution in [-0.2, 0) is 9.53 Å². The van der Waals surface area contributed by atoms with Crippen molar-refractivity contribution in [2.24, 2.45) is 0 Å². The monoisotopic (exact) mass is 536 g/mol. The van der Waals surface area contributed by atoms with Gasteiger partial charge in [-0.1, -0.05) is 44.2 Å². The van der Waals surface area contributed by atoms with Gasteiger partial charge in [0.2, 0.25) is 5.91 Å². The molecule has 39 heavy (non-hydrogen) atoms. The van der Waals surface area contributed by atoms with Crippen LogP contribution >= 0.6 is 0 Å². The van der Waals surface area contributed by atoms with E-state index >= 15 is 0 Å². The summed E-state index contributed by atoms with van der Waals surface area (Å²) >= 11 is 0. The van der Waals surface area contributed by atoms with Crippen molar-refractivity contribution >= 4 is 17.8 Å². The fourth-order valence-electron chi connectivity index (χ4n) is 5.55. The van der Waals surface area contributed by atoms with E-state index in [0.717, 1.165) is 18.4 Å². The van der Waals surface area contributed by atoms with Crippen LogP contribution in [0.1, 0.15) is 86.9 Å². The van der Waals surface area contributed by atoms with Crippen molar-refractivity contribution < 1.29 is 24.2 Å². The van der Waals surface area contributed by atoms with E-state index in [4.69, 9.17) is 14.9 Å². The zero-order chi connectivity index (χ0) is 28.4. The fourth-order valence-corrected chi connectivity index (χ4v) is 5.55. The Hall–Kier alpha value is -3.43. The minimum absolute atomic E-state index is 0.0649. The highest BCUT2D eigenvalue weighted by molar-refractivity contribution is 6.00. The number of methoxy groups -OCH3 is 1. The number of nitrogens with one attached hydrogen (secondary N) is 3. The van der Waals surface area contributed by atoms with Crippen LogP contribution in [0.5, 0.6) is 5.75 Å². The topological polar surface area (TPSA) is 124 Å². The molecule has 9 heteroatoms. The Morgan fingerprint density at radius 2 is 1.95 bits per heavy atom. The third kappa shape index (κ3) is 5.65. The number of fused-ring (bicyclic) bond motifs is 1. The Balaban J connectivity index is 1.62. The maximum Gasteiger partial charge on any atom is 0.251 e. The van der Waals surface area contributed by atoms with Crippen molar-refractivity contribution in [3.05, 3.63) is 65.2 Å². The second-order valence-corrected chi connectivity index (χ2v) is 11.0. The number of benzene rings is 2. The molecule has 2 amide bonds. The maximum atomic E-state index is 13.5. The van der Waals surface area contributed by atoms with Crippen molar-refractivity contribution in [3.8, 4) is 5.75 Å². The van der Waals surface area contributed by atoms with Crippen molar-refractivity contribution in [2.75, 3.05) is 13.7 Å². The molecule has 9 nitrogen and oxygen atoms in total. The number of amides is 2. The maximum absolute atomic E-state index is 13.5. The lowest BCUT2D eigenvalue weighted by Crippen LogP contribution is -2.62. The van der Waals surface area contributed by atoms with Crippen LogP contribution in [0.4, 0.5) is 0 Å². The lowest BCUT2D eigenvalue weighted by Gasteiger charge is -2.45. The average Bonchev–Trinajstić information content (AvgIpc) is 2.92. The molecule has 0 saturated carbocycles. The Morgan fingerprint density at radius 1 is 1.23 bits per heavy atom. The number of ether oxygens (including phenoxy) is 2. The number of aliphatic hydroxyl groups is 1. The molecule has 2 aliphatic heterocycles. The molecule has 3 atom stereocenters. The highest BCUT2D eigenvalue weighted by Gasteiger charge is 2.44. The fraction of sp³-hybridized carbons (Fsp3) is 0.500. The number of guanidine groups is 1. The molecule has 1 saturated heterocycles. The molecule has 0 spiro atoms. The van der Waals surface area contributed by atoms with Gasteiger partial charge in [0.15, 0.2) is 5.96 Å². The first-order valence-electron chi connectivity index (χ1n) is 13.6. The van der Waals surface area contributed by atoms with Gasteiger partial charge in [0.25, 0.3) is 5.91 Å². The van der Waals surface area contributed by atoms with E-state index in [9.17, 15) is 14.7 Å². The van der Waals surface area contributed by atoms with Gasteiger partial charge in [-0.15, -0.1) is 0 Å². The molecule has 2 aromatic rings. The minimum atomic E-state index is -0.969. The quantitative estimate of drug-likeness (QED) is 0.383. The van der Waals surface area contributed by atoms with Crippen LogP contribution in [0.15, 0.2) is 48.5 Å². The molecule has 210 valence electrons. The first-order valence-corrected chi connectivity index (χ1v) is 13.6. The summed E-state index contributed by atoms with van der Waals surface area (Å²) in [6.07, 6.45) is 1.26. The molecule has 2 aliphatic rings. The van der Waals surface area contributed by atoms with Gasteiger partial charge < -0.3 is 25.2 Å². The number of carbonyl (C=O) groups excluding carboxylic acids is 2. The van der Waals surface area contributed by atoms with Gasteiger partial charge >= 0.3 is 0 Å². The van der Waals surface area contributed by atoms with E-state index in [-0.39, 0.29) is 17.8 Å². The lowest BCUT2D eigenvalue weighted by molar-refractivity contribution is -0.133. The average molecular weight is 537 g/mol. The predicted molar refractivity (Wildman–Crippen MR) is 149 cm³/mol. The van der Waals surface area contributed by atoms with Gasteiger partial charge in [-0.25, -0.2) is 0 Å². The SMILES string of the molecule is CCC1(CC)CC(=O)N(C(CCOC)c2cccc(C(=O)N[C@@H]3c4ccccc4OC(C)(C)[C@H]3O)c2)C(=N)N1. The molecule has 1 unspecified atom stereocenters. The molecule has 0 bridgehead atoms. The van der Waals surface area contributed by atoms with Crippen LogP contribution in [-0.4, -0.2) is 58.7 Å². The highest BCUT2D eigenvalue weighted by atomic mass is 16.5. The van der Waals surface area contributed by atoms with E-state index in [1.807, 2.05) is 44.2 Å². The Morgan fingerprint density at radius 3 is 2.62 bits per heavy atom. The molecule has 0 aromatic heterocycles. The van der Waals surface area contributed by atoms with Crippen LogP contribution in [0, 0.1) is 5.41 Å². The van der Waals surface area contributed by atoms with Gasteiger partial charge in [-0.05, 0) is 56.9 Å². The second-order valence-electron chi connectivity index (χ2n) is 11.0. The van der Waals surface area contributed by atoms with Gasteiger partial charge in [-0.2, -0.15) is 0 Å². The summed E-state index contributed by atoms with van der Waals surface area (Å²) in [5.74, 6) is 0.210. The van der Waals surface area contributed by atoms with Gasteiger partial charge in [0, 0.05) is 30.4 Å². The van der Waals surface area contributed by atoms with E-state index in [2.05, 4.69) is 10.6 Å². The second kappa shape index (κ2) is 11.4. The standard InChI is InChI=1S/C30H40N4O5/c1-6-30(7-2)18-24(35)34(28(31)33-30)22(15-16-38-5)19-11-10-12-20(17-19)27(37)32-25-21-13-8-9-14-23(21)39-29(3,4)26(25)36/h8-14,17,22,25-26,36H,6-7,15-16,18H2,1-5H3,(H2,31,33)(H,32,37)/t22?,25-,26+/m1/s1. The molecule has 4 N–H and O–H groups in total. The zero-order valence-corrected chi connectivity index (χ0v) is 23.4. The third-order valence-electron chi connectivity index (χ3n) is 8.12. The lowest BCUT2D eigenvalue weighted by atomic mass is 9.85. The van der Waals surface area contributed by atoms with E-state index in [1.165, 1.54) is 4.90 Å². The summed E-state index contributed by atoms with van der Waals surface area (Å²) in [5.41, 5.74) is 0.513. The zero-order valence-electron chi connectivity index (χ0n) is 23.4. The van der Waals surface area contributed by atoms with Crippen LogP contribution in [0.2, 0.25) is 0 Å². The number of rotatable bonds is 9. The summed E-state index contributed by atoms with van der Waals surface area (Å²) in [7, 11) is 1.60. The molecular formula is C30H40N4O5. The number of hydrogen-bond acceptors (Lipinski definition) is 6. The summed E-state index contributed by atoms with van der Waals surface area (Å²) < 4.78 is 11.3. The summed E-state index contributed by atoms with van der Waals surface area (Å²) in [5, 5.41) is 26.1. The van der Waals surface area contributed by atoms with Crippen LogP contribution in [0.25, 0.3) is 0 Å². The number of nitrogens with zero attached hydrogens (tertiary/aromatic N) is 1. The normalized spacial score (nSPS) is 22.4. The molecule has 0 aliphatic carbocycles. The van der Waals surface area contributed by atoms with Crippen molar-refractivity contribution in [1.82, 2.24) is 15.5 Å². The van der Waals surface area contributed by atoms with Gasteiger partial charge in [0.1, 0.15) is 17.5 Å². The Kier molecular flexibility index (Phi) is 8.32. The smallest absolute Gasteiger partial charge is 0.251 e. The van der Waals surface area contributed by atoms with E-state index in [1.54, 1.807) is 39.2 Å². The van der Waals surface area contributed by atoms with Gasteiger partial charge in [0.05, 0.1) is 18.5 Å². The summed E-state index contributed by atoms with van der Waals surface area (Å²) in [6, 6.07) is 13.3. The predicted octanol–water partition coefficient (Wildman–Crippen LogP) is 4.08. The van der Waals surface area contributed by atoms with Crippen molar-refractivity contribution in [2.45, 2.75) is 82.7 Å². The van der Waals surface area contributed by atoms with Crippen molar-refractivity contribution in [3.63, 3.8) is 0 Å². The largest absolute Gasteiger partial charge is 0.485 e. The number of para-hydroxylation sites is 1. The van der Waals surface area contributed by atoms with Crippen LogP contribution < -0.4 is 15.4 Å². The summed E-state index contributed by atoms with van der Waals surface area (Å²) in [6.45, 7) is 8.00. The molecule has 1 fully saturated rings. The first-order chi connectivity index (χ1) is 18.6. The van der Waals surface area contributed by atoms with Crippen molar-refractivity contribution in [1.29, 1.82) is 5.41 Å². The number of hydrogen-bond donors (Lipinski definition) is 4.